The van der Waals surface area contributed by atoms with Crippen LogP contribution in [-0.4, -0.2) is 19.1 Å². The highest BCUT2D eigenvalue weighted by Crippen LogP contribution is 2.30. The number of rotatable bonds is 0. The minimum Gasteiger partial charge on any atom is -0.375 e. The maximum Gasteiger partial charge on any atom is 0.273 e. The lowest BCUT2D eigenvalue weighted by atomic mass is 9.99. The van der Waals surface area contributed by atoms with Gasteiger partial charge < -0.3 is 4.74 Å². The topological polar surface area (TPSA) is 9.23 Å². The van der Waals surface area contributed by atoms with Gasteiger partial charge in [0.15, 0.2) is 0 Å². The van der Waals surface area contributed by atoms with Crippen molar-refractivity contribution in [3.05, 3.63) is 0 Å². The van der Waals surface area contributed by atoms with E-state index in [4.69, 9.17) is 0 Å². The Morgan fingerprint density at radius 3 is 2.56 bits per heavy atom. The van der Waals surface area contributed by atoms with Crippen molar-refractivity contribution in [2.45, 2.75) is 19.3 Å². The van der Waals surface area contributed by atoms with Gasteiger partial charge >= 0.3 is 0 Å². The lowest BCUT2D eigenvalue weighted by Crippen LogP contribution is -2.37. The average molecular weight is 136 g/mol. The molecule has 54 valence electrons. The first-order valence-electron chi connectivity index (χ1n) is 3.08. The third kappa shape index (κ3) is 1.39. The van der Waals surface area contributed by atoms with Crippen LogP contribution in [0.5, 0.6) is 0 Å². The molecule has 0 amide bonds. The normalized spacial score (nSPS) is 34.3. The van der Waals surface area contributed by atoms with Crippen LogP contribution in [0.15, 0.2) is 0 Å². The molecule has 1 fully saturated rings. The zero-order chi connectivity index (χ0) is 6.91. The van der Waals surface area contributed by atoms with Gasteiger partial charge in [-0.1, -0.05) is 6.92 Å². The molecule has 1 aliphatic heterocycles. The van der Waals surface area contributed by atoms with E-state index < -0.39 is 18.4 Å². The summed E-state index contributed by atoms with van der Waals surface area (Å²) in [7, 11) is 0. The summed E-state index contributed by atoms with van der Waals surface area (Å²) in [6.07, 6.45) is 0.479. The van der Waals surface area contributed by atoms with E-state index in [2.05, 4.69) is 4.74 Å². The van der Waals surface area contributed by atoms with Crippen molar-refractivity contribution in [1.29, 1.82) is 0 Å². The van der Waals surface area contributed by atoms with Crippen molar-refractivity contribution in [2.24, 2.45) is 5.92 Å². The lowest BCUT2D eigenvalue weighted by Gasteiger charge is -2.27. The fraction of sp³-hybridized carbons (Fsp3) is 1.00. The summed E-state index contributed by atoms with van der Waals surface area (Å²) >= 11 is 0. The Bertz CT molecular complexity index is 103. The first-order chi connectivity index (χ1) is 4.13. The van der Waals surface area contributed by atoms with E-state index in [0.717, 1.165) is 0 Å². The molecule has 1 unspecified atom stereocenters. The molecule has 3 heteroatoms. The Kier molecular flexibility index (Phi) is 1.70. The monoisotopic (exact) mass is 136 g/mol. The third-order valence-corrected chi connectivity index (χ3v) is 1.71. The van der Waals surface area contributed by atoms with Gasteiger partial charge in [0, 0.05) is 12.5 Å². The summed E-state index contributed by atoms with van der Waals surface area (Å²) in [5, 5.41) is 0. The molecule has 1 saturated heterocycles. The molecule has 0 aromatic heterocycles. The standard InChI is InChI=1S/C6H10F2O/c1-5-2-3-9-4-6(5,7)8/h5H,2-4H2,1H3. The molecule has 1 heterocycles. The van der Waals surface area contributed by atoms with Crippen molar-refractivity contribution >= 4 is 0 Å². The number of halogens is 2. The Labute approximate surface area is 53.0 Å². The summed E-state index contributed by atoms with van der Waals surface area (Å²) in [6.45, 7) is 1.65. The van der Waals surface area contributed by atoms with E-state index in [1.807, 2.05) is 0 Å². The Hall–Kier alpha value is -0.180. The van der Waals surface area contributed by atoms with Crippen LogP contribution < -0.4 is 0 Å². The second kappa shape index (κ2) is 2.21. The van der Waals surface area contributed by atoms with Crippen molar-refractivity contribution in [3.8, 4) is 0 Å². The molecule has 0 bridgehead atoms. The van der Waals surface area contributed by atoms with E-state index >= 15 is 0 Å². The van der Waals surface area contributed by atoms with Crippen LogP contribution in [-0.2, 0) is 4.74 Å². The van der Waals surface area contributed by atoms with Crippen LogP contribution in [0.2, 0.25) is 0 Å². The molecule has 0 N–H and O–H groups in total. The molecule has 1 atom stereocenters. The fourth-order valence-electron chi connectivity index (χ4n) is 0.822. The number of alkyl halides is 2. The largest absolute Gasteiger partial charge is 0.375 e. The second-order valence-electron chi connectivity index (χ2n) is 2.50. The smallest absolute Gasteiger partial charge is 0.273 e. The van der Waals surface area contributed by atoms with Gasteiger partial charge in [0.25, 0.3) is 5.92 Å². The van der Waals surface area contributed by atoms with Crippen LogP contribution in [0.25, 0.3) is 0 Å². The highest BCUT2D eigenvalue weighted by atomic mass is 19.3. The summed E-state index contributed by atoms with van der Waals surface area (Å²) < 4.78 is 29.6. The minimum atomic E-state index is -2.59. The number of hydrogen-bond acceptors (Lipinski definition) is 1. The molecule has 0 aromatic rings. The van der Waals surface area contributed by atoms with E-state index in [-0.39, 0.29) is 0 Å². The molecule has 1 aliphatic rings. The predicted octanol–water partition coefficient (Wildman–Crippen LogP) is 1.68. The SMILES string of the molecule is CC1CCOCC1(F)F. The van der Waals surface area contributed by atoms with Gasteiger partial charge in [0.1, 0.15) is 6.61 Å². The van der Waals surface area contributed by atoms with E-state index in [9.17, 15) is 8.78 Å². The first-order valence-corrected chi connectivity index (χ1v) is 3.08. The van der Waals surface area contributed by atoms with Crippen molar-refractivity contribution in [3.63, 3.8) is 0 Å². The average Bonchev–Trinajstić information content (AvgIpc) is 1.77. The van der Waals surface area contributed by atoms with E-state index in [1.54, 1.807) is 6.92 Å². The molecule has 0 radical (unpaired) electrons. The van der Waals surface area contributed by atoms with Crippen molar-refractivity contribution in [2.75, 3.05) is 13.2 Å². The molecular formula is C6H10F2O. The highest BCUT2D eigenvalue weighted by Gasteiger charge is 2.38. The maximum absolute atomic E-state index is 12.5. The van der Waals surface area contributed by atoms with Crippen LogP contribution >= 0.6 is 0 Å². The summed E-state index contributed by atoms with van der Waals surface area (Å²) in [4.78, 5) is 0. The maximum atomic E-state index is 12.5. The van der Waals surface area contributed by atoms with Gasteiger partial charge in [0.05, 0.1) is 0 Å². The van der Waals surface area contributed by atoms with Crippen molar-refractivity contribution < 1.29 is 13.5 Å². The molecule has 1 rings (SSSR count). The van der Waals surface area contributed by atoms with Crippen LogP contribution in [0, 0.1) is 5.92 Å². The van der Waals surface area contributed by atoms with Crippen LogP contribution in [0.3, 0.4) is 0 Å². The van der Waals surface area contributed by atoms with Crippen LogP contribution in [0.4, 0.5) is 8.78 Å². The Morgan fingerprint density at radius 1 is 1.56 bits per heavy atom. The van der Waals surface area contributed by atoms with Crippen molar-refractivity contribution in [1.82, 2.24) is 0 Å². The van der Waals surface area contributed by atoms with Gasteiger partial charge in [-0.15, -0.1) is 0 Å². The quantitative estimate of drug-likeness (QED) is 0.492. The third-order valence-electron chi connectivity index (χ3n) is 1.71. The summed E-state index contributed by atoms with van der Waals surface area (Å²) in [6, 6.07) is 0. The highest BCUT2D eigenvalue weighted by molar-refractivity contribution is 4.76. The zero-order valence-electron chi connectivity index (χ0n) is 5.36. The first kappa shape index (κ1) is 6.93. The molecule has 0 aromatic carbocycles. The molecule has 0 aliphatic carbocycles. The predicted molar refractivity (Wildman–Crippen MR) is 29.5 cm³/mol. The Morgan fingerprint density at radius 2 is 2.22 bits per heavy atom. The molecule has 0 saturated carbocycles. The van der Waals surface area contributed by atoms with E-state index in [1.165, 1.54) is 0 Å². The number of ether oxygens (including phenoxy) is 1. The molecule has 0 spiro atoms. The molecule has 9 heavy (non-hydrogen) atoms. The lowest BCUT2D eigenvalue weighted by molar-refractivity contribution is -0.148. The van der Waals surface area contributed by atoms with Gasteiger partial charge in [-0.3, -0.25) is 0 Å². The zero-order valence-corrected chi connectivity index (χ0v) is 5.36. The van der Waals surface area contributed by atoms with Gasteiger partial charge in [-0.2, -0.15) is 0 Å². The number of hydrogen-bond donors (Lipinski definition) is 0. The van der Waals surface area contributed by atoms with Crippen LogP contribution in [0.1, 0.15) is 13.3 Å². The van der Waals surface area contributed by atoms with Gasteiger partial charge in [-0.25, -0.2) is 8.78 Å². The summed E-state index contributed by atoms with van der Waals surface area (Å²) in [5.74, 6) is -3.09. The van der Waals surface area contributed by atoms with E-state index in [0.29, 0.717) is 13.0 Å². The molecule has 1 nitrogen and oxygen atoms in total. The molecular weight excluding hydrogens is 126 g/mol. The Balaban J connectivity index is 2.49. The minimum absolute atomic E-state index is 0.395. The second-order valence-corrected chi connectivity index (χ2v) is 2.50. The fourth-order valence-corrected chi connectivity index (χ4v) is 0.822. The summed E-state index contributed by atoms with van der Waals surface area (Å²) in [5.41, 5.74) is 0. The van der Waals surface area contributed by atoms with Gasteiger partial charge in [0.2, 0.25) is 0 Å². The van der Waals surface area contributed by atoms with Gasteiger partial charge in [-0.05, 0) is 6.42 Å².